The van der Waals surface area contributed by atoms with Crippen molar-refractivity contribution in [3.05, 3.63) is 95.1 Å². The summed E-state index contributed by atoms with van der Waals surface area (Å²) in [6.07, 6.45) is 9.65. The van der Waals surface area contributed by atoms with Gasteiger partial charge in [0.05, 0.1) is 5.71 Å². The van der Waals surface area contributed by atoms with Crippen LogP contribution in [0.2, 0.25) is 0 Å². The molecule has 0 fully saturated rings. The van der Waals surface area contributed by atoms with E-state index in [1.54, 1.807) is 0 Å². The molecule has 0 unspecified atom stereocenters. The third-order valence-electron chi connectivity index (χ3n) is 4.16. The SMILES string of the molecule is C1=CC(=NCCc2ccccc2)C2=Cc3ccccc3C2=C1. The molecule has 0 spiro atoms. The van der Waals surface area contributed by atoms with E-state index < -0.39 is 0 Å². The Labute approximate surface area is 131 Å². The standard InChI is InChI=1S/C21H17N/c1-2-7-16(8-3-1)13-14-22-21-12-6-11-19-18-10-5-4-9-17(18)15-20(19)21/h1-12,15H,13-14H2. The average molecular weight is 283 g/mol. The first kappa shape index (κ1) is 13.0. The molecule has 0 atom stereocenters. The Balaban J connectivity index is 1.56. The van der Waals surface area contributed by atoms with Crippen molar-refractivity contribution in [3.8, 4) is 0 Å². The molecule has 2 aliphatic carbocycles. The number of fused-ring (bicyclic) bond motifs is 3. The summed E-state index contributed by atoms with van der Waals surface area (Å²) in [4.78, 5) is 4.82. The van der Waals surface area contributed by atoms with Crippen LogP contribution >= 0.6 is 0 Å². The molecule has 2 aliphatic rings. The first-order valence-electron chi connectivity index (χ1n) is 7.70. The number of rotatable bonds is 3. The van der Waals surface area contributed by atoms with Gasteiger partial charge in [0, 0.05) is 12.1 Å². The van der Waals surface area contributed by atoms with Crippen LogP contribution in [0, 0.1) is 0 Å². The maximum atomic E-state index is 4.82. The van der Waals surface area contributed by atoms with Gasteiger partial charge in [-0.25, -0.2) is 0 Å². The molecule has 106 valence electrons. The number of allylic oxidation sites excluding steroid dienone is 5. The number of benzene rings is 2. The highest BCUT2D eigenvalue weighted by atomic mass is 14.7. The summed E-state index contributed by atoms with van der Waals surface area (Å²) in [6, 6.07) is 19.1. The van der Waals surface area contributed by atoms with Crippen LogP contribution in [0.4, 0.5) is 0 Å². The van der Waals surface area contributed by atoms with E-state index in [0.717, 1.165) is 18.7 Å². The fourth-order valence-electron chi connectivity index (χ4n) is 3.05. The van der Waals surface area contributed by atoms with Gasteiger partial charge < -0.3 is 0 Å². The van der Waals surface area contributed by atoms with Crippen LogP contribution in [0.1, 0.15) is 16.7 Å². The van der Waals surface area contributed by atoms with Gasteiger partial charge in [-0.3, -0.25) is 4.99 Å². The van der Waals surface area contributed by atoms with Crippen LogP contribution in [0.5, 0.6) is 0 Å². The second-order valence-corrected chi connectivity index (χ2v) is 5.59. The van der Waals surface area contributed by atoms with Crippen LogP contribution < -0.4 is 0 Å². The topological polar surface area (TPSA) is 12.4 Å². The van der Waals surface area contributed by atoms with Crippen LogP contribution in [0.15, 0.2) is 83.4 Å². The zero-order valence-electron chi connectivity index (χ0n) is 12.4. The van der Waals surface area contributed by atoms with Crippen LogP contribution in [0.3, 0.4) is 0 Å². The van der Waals surface area contributed by atoms with Gasteiger partial charge in [0.25, 0.3) is 0 Å². The quantitative estimate of drug-likeness (QED) is 0.773. The van der Waals surface area contributed by atoms with Crippen molar-refractivity contribution in [1.82, 2.24) is 0 Å². The number of nitrogens with zero attached hydrogens (tertiary/aromatic N) is 1. The van der Waals surface area contributed by atoms with E-state index in [9.17, 15) is 0 Å². The number of hydrogen-bond acceptors (Lipinski definition) is 1. The molecule has 2 aromatic carbocycles. The van der Waals surface area contributed by atoms with Gasteiger partial charge in [-0.15, -0.1) is 0 Å². The van der Waals surface area contributed by atoms with Gasteiger partial charge in [0.1, 0.15) is 0 Å². The van der Waals surface area contributed by atoms with E-state index in [4.69, 9.17) is 4.99 Å². The molecular weight excluding hydrogens is 266 g/mol. The molecule has 0 aromatic heterocycles. The van der Waals surface area contributed by atoms with Crippen molar-refractivity contribution in [1.29, 1.82) is 0 Å². The highest BCUT2D eigenvalue weighted by molar-refractivity contribution is 6.26. The highest BCUT2D eigenvalue weighted by Gasteiger charge is 2.22. The Bertz CT molecular complexity index is 820. The third-order valence-corrected chi connectivity index (χ3v) is 4.16. The molecule has 0 N–H and O–H groups in total. The zero-order chi connectivity index (χ0) is 14.8. The fourth-order valence-corrected chi connectivity index (χ4v) is 3.05. The smallest absolute Gasteiger partial charge is 0.0653 e. The maximum Gasteiger partial charge on any atom is 0.0653 e. The minimum atomic E-state index is 0.824. The van der Waals surface area contributed by atoms with Gasteiger partial charge in [0.2, 0.25) is 0 Å². The first-order chi connectivity index (χ1) is 10.9. The molecule has 0 heterocycles. The lowest BCUT2D eigenvalue weighted by Crippen LogP contribution is -2.04. The summed E-state index contributed by atoms with van der Waals surface area (Å²) in [5.74, 6) is 0. The Morgan fingerprint density at radius 1 is 0.818 bits per heavy atom. The monoisotopic (exact) mass is 283 g/mol. The summed E-state index contributed by atoms with van der Waals surface area (Å²) in [6.45, 7) is 0.824. The predicted molar refractivity (Wildman–Crippen MR) is 94.0 cm³/mol. The van der Waals surface area contributed by atoms with Crippen molar-refractivity contribution >= 4 is 17.4 Å². The average Bonchev–Trinajstić information content (AvgIpc) is 2.96. The fraction of sp³-hybridized carbons (Fsp3) is 0.0952. The molecule has 1 heteroatoms. The molecule has 0 bridgehead atoms. The van der Waals surface area contributed by atoms with Gasteiger partial charge in [-0.05, 0) is 40.8 Å². The lowest BCUT2D eigenvalue weighted by Gasteiger charge is -2.11. The van der Waals surface area contributed by atoms with Gasteiger partial charge >= 0.3 is 0 Å². The number of hydrogen-bond donors (Lipinski definition) is 0. The first-order valence-corrected chi connectivity index (χ1v) is 7.70. The molecule has 0 saturated heterocycles. The van der Waals surface area contributed by atoms with Crippen molar-refractivity contribution in [3.63, 3.8) is 0 Å². The van der Waals surface area contributed by atoms with E-state index in [1.165, 1.54) is 27.8 Å². The van der Waals surface area contributed by atoms with Gasteiger partial charge in [-0.2, -0.15) is 0 Å². The molecule has 0 saturated carbocycles. The molecule has 1 nitrogen and oxygen atoms in total. The van der Waals surface area contributed by atoms with Crippen LogP contribution in [-0.4, -0.2) is 12.3 Å². The van der Waals surface area contributed by atoms with E-state index in [2.05, 4.69) is 78.9 Å². The van der Waals surface area contributed by atoms with Crippen molar-refractivity contribution in [2.45, 2.75) is 6.42 Å². The maximum absolute atomic E-state index is 4.82. The highest BCUT2D eigenvalue weighted by Crippen LogP contribution is 2.37. The van der Waals surface area contributed by atoms with Crippen molar-refractivity contribution in [2.24, 2.45) is 4.99 Å². The zero-order valence-corrected chi connectivity index (χ0v) is 12.4. The third kappa shape index (κ3) is 2.35. The second-order valence-electron chi connectivity index (χ2n) is 5.59. The van der Waals surface area contributed by atoms with E-state index >= 15 is 0 Å². The van der Waals surface area contributed by atoms with E-state index in [0.29, 0.717) is 0 Å². The lowest BCUT2D eigenvalue weighted by atomic mass is 9.95. The minimum Gasteiger partial charge on any atom is -0.284 e. The van der Waals surface area contributed by atoms with Crippen molar-refractivity contribution in [2.75, 3.05) is 6.54 Å². The molecular formula is C21H17N. The Kier molecular flexibility index (Phi) is 3.32. The summed E-state index contributed by atoms with van der Waals surface area (Å²) < 4.78 is 0. The van der Waals surface area contributed by atoms with E-state index in [1.807, 2.05) is 0 Å². The Morgan fingerprint density at radius 3 is 2.55 bits per heavy atom. The molecule has 22 heavy (non-hydrogen) atoms. The van der Waals surface area contributed by atoms with Gasteiger partial charge in [0.15, 0.2) is 0 Å². The largest absolute Gasteiger partial charge is 0.284 e. The lowest BCUT2D eigenvalue weighted by molar-refractivity contribution is 0.970. The molecule has 0 aliphatic heterocycles. The van der Waals surface area contributed by atoms with Gasteiger partial charge in [-0.1, -0.05) is 66.7 Å². The Hall–Kier alpha value is -2.67. The van der Waals surface area contributed by atoms with E-state index in [-0.39, 0.29) is 0 Å². The van der Waals surface area contributed by atoms with Crippen LogP contribution in [0.25, 0.3) is 11.6 Å². The number of aliphatic imine (C=N–C) groups is 1. The Morgan fingerprint density at radius 2 is 1.64 bits per heavy atom. The predicted octanol–water partition coefficient (Wildman–Crippen LogP) is 4.72. The summed E-state index contributed by atoms with van der Waals surface area (Å²) >= 11 is 0. The van der Waals surface area contributed by atoms with Crippen molar-refractivity contribution < 1.29 is 0 Å². The minimum absolute atomic E-state index is 0.824. The molecule has 2 aromatic rings. The summed E-state index contributed by atoms with van der Waals surface area (Å²) in [7, 11) is 0. The summed E-state index contributed by atoms with van der Waals surface area (Å²) in [5.41, 5.74) is 7.62. The summed E-state index contributed by atoms with van der Waals surface area (Å²) in [5, 5.41) is 0. The second kappa shape index (κ2) is 5.61. The molecule has 0 radical (unpaired) electrons. The molecule has 4 rings (SSSR count). The van der Waals surface area contributed by atoms with Crippen LogP contribution in [-0.2, 0) is 6.42 Å². The normalized spacial score (nSPS) is 17.0. The molecule has 0 amide bonds.